The molecule has 0 radical (unpaired) electrons. The molecule has 0 aliphatic carbocycles. The second kappa shape index (κ2) is 8.02. The Morgan fingerprint density at radius 1 is 1.35 bits per heavy atom. The van der Waals surface area contributed by atoms with E-state index in [2.05, 4.69) is 22.1 Å². The molecule has 1 aromatic rings. The summed E-state index contributed by atoms with van der Waals surface area (Å²) in [6.45, 7) is 3.07. The van der Waals surface area contributed by atoms with Gasteiger partial charge in [0.05, 0.1) is 6.04 Å². The lowest BCUT2D eigenvalue weighted by molar-refractivity contribution is -0.135. The first-order chi connectivity index (χ1) is 9.83. The van der Waals surface area contributed by atoms with Crippen LogP contribution in [0.5, 0.6) is 0 Å². The lowest BCUT2D eigenvalue weighted by Crippen LogP contribution is -2.38. The van der Waals surface area contributed by atoms with Crippen molar-refractivity contribution in [2.75, 3.05) is 6.54 Å². The Balaban J connectivity index is 1.83. The normalized spacial score (nSPS) is 19.2. The van der Waals surface area contributed by atoms with Crippen molar-refractivity contribution in [3.63, 3.8) is 0 Å². The van der Waals surface area contributed by atoms with Crippen molar-refractivity contribution in [3.8, 4) is 0 Å². The monoisotopic (exact) mass is 278 g/mol. The standard InChI is InChI=1S/C15H26N4O/c1-2-3-4-5-6-10-14(20)19-11-8-7-9-13(19)15-16-12-17-18-15/h12-13H,2-11H2,1H3,(H,16,17,18)/t13-/m1/s1. The lowest BCUT2D eigenvalue weighted by atomic mass is 10.0. The van der Waals surface area contributed by atoms with Gasteiger partial charge in [-0.2, -0.15) is 5.10 Å². The van der Waals surface area contributed by atoms with E-state index < -0.39 is 0 Å². The predicted octanol–water partition coefficient (Wildman–Crippen LogP) is 3.22. The van der Waals surface area contributed by atoms with Crippen LogP contribution in [0.15, 0.2) is 6.33 Å². The third-order valence-electron chi connectivity index (χ3n) is 4.07. The molecular formula is C15H26N4O. The Bertz CT molecular complexity index is 391. The van der Waals surface area contributed by atoms with Crippen LogP contribution in [0.25, 0.3) is 0 Å². The van der Waals surface area contributed by atoms with E-state index in [-0.39, 0.29) is 11.9 Å². The number of likely N-dealkylation sites (tertiary alicyclic amines) is 1. The van der Waals surface area contributed by atoms with Crippen LogP contribution in [-0.2, 0) is 4.79 Å². The molecule has 0 unspecified atom stereocenters. The molecule has 1 amide bonds. The maximum absolute atomic E-state index is 12.4. The summed E-state index contributed by atoms with van der Waals surface area (Å²) in [7, 11) is 0. The highest BCUT2D eigenvalue weighted by Crippen LogP contribution is 2.29. The Kier molecular flexibility index (Phi) is 6.02. The molecule has 1 aliphatic rings. The van der Waals surface area contributed by atoms with Gasteiger partial charge in [-0.15, -0.1) is 0 Å². The van der Waals surface area contributed by atoms with Gasteiger partial charge >= 0.3 is 0 Å². The minimum absolute atomic E-state index is 0.106. The van der Waals surface area contributed by atoms with Gasteiger partial charge in [-0.1, -0.05) is 32.6 Å². The molecule has 20 heavy (non-hydrogen) atoms. The number of hydrogen-bond acceptors (Lipinski definition) is 3. The van der Waals surface area contributed by atoms with Gasteiger partial charge in [-0.05, 0) is 25.7 Å². The number of H-pyrrole nitrogens is 1. The number of nitrogens with zero attached hydrogens (tertiary/aromatic N) is 3. The molecule has 1 saturated heterocycles. The number of piperidine rings is 1. The number of hydrogen-bond donors (Lipinski definition) is 1. The number of unbranched alkanes of at least 4 members (excludes halogenated alkanes) is 4. The van der Waals surface area contributed by atoms with Crippen molar-refractivity contribution >= 4 is 5.91 Å². The minimum Gasteiger partial charge on any atom is -0.332 e. The molecule has 112 valence electrons. The molecule has 1 atom stereocenters. The molecule has 1 aliphatic heterocycles. The van der Waals surface area contributed by atoms with Crippen LogP contribution in [0.4, 0.5) is 0 Å². The third kappa shape index (κ3) is 4.05. The zero-order valence-electron chi connectivity index (χ0n) is 12.5. The Labute approximate surface area is 121 Å². The molecule has 5 heteroatoms. The van der Waals surface area contributed by atoms with E-state index >= 15 is 0 Å². The Morgan fingerprint density at radius 3 is 2.95 bits per heavy atom. The molecule has 0 saturated carbocycles. The molecule has 1 aromatic heterocycles. The summed E-state index contributed by atoms with van der Waals surface area (Å²) in [6, 6.07) is 0.106. The van der Waals surface area contributed by atoms with Crippen molar-refractivity contribution in [1.29, 1.82) is 0 Å². The van der Waals surface area contributed by atoms with Crippen molar-refractivity contribution in [2.24, 2.45) is 0 Å². The topological polar surface area (TPSA) is 61.9 Å². The van der Waals surface area contributed by atoms with E-state index in [9.17, 15) is 4.79 Å². The molecule has 1 N–H and O–H groups in total. The second-order valence-electron chi connectivity index (χ2n) is 5.63. The lowest BCUT2D eigenvalue weighted by Gasteiger charge is -2.34. The van der Waals surface area contributed by atoms with Crippen LogP contribution in [-0.4, -0.2) is 32.5 Å². The van der Waals surface area contributed by atoms with Crippen LogP contribution in [0, 0.1) is 0 Å². The van der Waals surface area contributed by atoms with Gasteiger partial charge in [0.2, 0.25) is 5.91 Å². The Hall–Kier alpha value is -1.39. The number of aromatic nitrogens is 3. The first-order valence-corrected chi connectivity index (χ1v) is 7.97. The zero-order valence-corrected chi connectivity index (χ0v) is 12.5. The van der Waals surface area contributed by atoms with Gasteiger partial charge in [-0.3, -0.25) is 9.89 Å². The molecule has 0 aromatic carbocycles. The highest BCUT2D eigenvalue weighted by molar-refractivity contribution is 5.76. The average Bonchev–Trinajstić information content (AvgIpc) is 3.01. The number of aromatic amines is 1. The second-order valence-corrected chi connectivity index (χ2v) is 5.63. The van der Waals surface area contributed by atoms with Gasteiger partial charge < -0.3 is 4.90 Å². The fourth-order valence-electron chi connectivity index (χ4n) is 2.91. The van der Waals surface area contributed by atoms with E-state index in [1.165, 1.54) is 32.0 Å². The van der Waals surface area contributed by atoms with E-state index in [0.29, 0.717) is 6.42 Å². The van der Waals surface area contributed by atoms with E-state index in [1.807, 2.05) is 4.90 Å². The smallest absolute Gasteiger partial charge is 0.223 e. The highest BCUT2D eigenvalue weighted by atomic mass is 16.2. The number of carbonyl (C=O) groups excluding carboxylic acids is 1. The average molecular weight is 278 g/mol. The Morgan fingerprint density at radius 2 is 2.20 bits per heavy atom. The summed E-state index contributed by atoms with van der Waals surface area (Å²) in [5, 5.41) is 6.83. The van der Waals surface area contributed by atoms with Crippen molar-refractivity contribution in [2.45, 2.75) is 70.8 Å². The molecular weight excluding hydrogens is 252 g/mol. The van der Waals surface area contributed by atoms with E-state index in [0.717, 1.165) is 38.1 Å². The van der Waals surface area contributed by atoms with Gasteiger partial charge in [0.25, 0.3) is 0 Å². The van der Waals surface area contributed by atoms with Crippen LogP contribution in [0.1, 0.15) is 76.6 Å². The summed E-state index contributed by atoms with van der Waals surface area (Å²) in [6.07, 6.45) is 11.4. The number of amides is 1. The van der Waals surface area contributed by atoms with Gasteiger partial charge in [-0.25, -0.2) is 4.98 Å². The SMILES string of the molecule is CCCCCCCC(=O)N1CCCC[C@@H]1c1ncn[nH]1. The quantitative estimate of drug-likeness (QED) is 0.779. The van der Waals surface area contributed by atoms with Crippen molar-refractivity contribution < 1.29 is 4.79 Å². The van der Waals surface area contributed by atoms with Gasteiger partial charge in [0.1, 0.15) is 12.2 Å². The summed E-state index contributed by atoms with van der Waals surface area (Å²) >= 11 is 0. The van der Waals surface area contributed by atoms with Gasteiger partial charge in [0.15, 0.2) is 0 Å². The summed E-state index contributed by atoms with van der Waals surface area (Å²) in [5.41, 5.74) is 0. The molecule has 0 spiro atoms. The van der Waals surface area contributed by atoms with Crippen LogP contribution in [0.2, 0.25) is 0 Å². The number of rotatable bonds is 7. The van der Waals surface area contributed by atoms with E-state index in [1.54, 1.807) is 0 Å². The molecule has 1 fully saturated rings. The van der Waals surface area contributed by atoms with Crippen LogP contribution < -0.4 is 0 Å². The largest absolute Gasteiger partial charge is 0.332 e. The highest BCUT2D eigenvalue weighted by Gasteiger charge is 2.29. The number of carbonyl (C=O) groups is 1. The summed E-state index contributed by atoms with van der Waals surface area (Å²) < 4.78 is 0. The maximum Gasteiger partial charge on any atom is 0.223 e. The molecule has 2 rings (SSSR count). The molecule has 5 nitrogen and oxygen atoms in total. The first kappa shape index (κ1) is 15.0. The molecule has 0 bridgehead atoms. The zero-order chi connectivity index (χ0) is 14.2. The minimum atomic E-state index is 0.106. The fraction of sp³-hybridized carbons (Fsp3) is 0.800. The van der Waals surface area contributed by atoms with Crippen molar-refractivity contribution in [3.05, 3.63) is 12.2 Å². The van der Waals surface area contributed by atoms with Crippen LogP contribution >= 0.6 is 0 Å². The van der Waals surface area contributed by atoms with E-state index in [4.69, 9.17) is 0 Å². The number of nitrogens with one attached hydrogen (secondary N) is 1. The summed E-state index contributed by atoms with van der Waals surface area (Å²) in [5.74, 6) is 1.12. The fourth-order valence-corrected chi connectivity index (χ4v) is 2.91. The summed E-state index contributed by atoms with van der Waals surface area (Å²) in [4.78, 5) is 18.6. The molecule has 2 heterocycles. The first-order valence-electron chi connectivity index (χ1n) is 7.97. The predicted molar refractivity (Wildman–Crippen MR) is 78.1 cm³/mol. The van der Waals surface area contributed by atoms with Gasteiger partial charge in [0, 0.05) is 13.0 Å². The maximum atomic E-state index is 12.4. The third-order valence-corrected chi connectivity index (χ3v) is 4.07. The van der Waals surface area contributed by atoms with Crippen molar-refractivity contribution in [1.82, 2.24) is 20.1 Å². The van der Waals surface area contributed by atoms with Crippen LogP contribution in [0.3, 0.4) is 0 Å².